The van der Waals surface area contributed by atoms with Gasteiger partial charge in [0.15, 0.2) is 0 Å². The molecule has 0 saturated heterocycles. The van der Waals surface area contributed by atoms with E-state index in [1.807, 2.05) is 18.2 Å². The topological polar surface area (TPSA) is 18.5 Å². The first-order valence-electron chi connectivity index (χ1n) is 6.54. The van der Waals surface area contributed by atoms with E-state index < -0.39 is 0 Å². The van der Waals surface area contributed by atoms with Crippen molar-refractivity contribution < 1.29 is 9.47 Å². The molecule has 2 aromatic rings. The van der Waals surface area contributed by atoms with E-state index in [1.54, 1.807) is 7.11 Å². The fourth-order valence-corrected chi connectivity index (χ4v) is 2.70. The second-order valence-electron chi connectivity index (χ2n) is 4.96. The molecule has 0 aromatic heterocycles. The number of halogens is 1. The highest BCUT2D eigenvalue weighted by atomic mass is 79.9. The predicted molar refractivity (Wildman–Crippen MR) is 85.7 cm³/mol. The number of ether oxygens (including phenoxy) is 2. The van der Waals surface area contributed by atoms with Crippen LogP contribution in [0.4, 0.5) is 0 Å². The first-order chi connectivity index (χ1) is 9.51. The Morgan fingerprint density at radius 2 is 1.75 bits per heavy atom. The number of hydrogen-bond donors (Lipinski definition) is 0. The summed E-state index contributed by atoms with van der Waals surface area (Å²) in [7, 11) is 1.66. The van der Waals surface area contributed by atoms with Crippen LogP contribution in [0.3, 0.4) is 0 Å². The summed E-state index contributed by atoms with van der Waals surface area (Å²) in [5.74, 6) is 1.78. The van der Waals surface area contributed by atoms with Crippen LogP contribution in [0.2, 0.25) is 0 Å². The Morgan fingerprint density at radius 1 is 1.00 bits per heavy atom. The van der Waals surface area contributed by atoms with Crippen molar-refractivity contribution in [3.05, 3.63) is 57.1 Å². The van der Waals surface area contributed by atoms with E-state index >= 15 is 0 Å². The standard InChI is InChI=1S/C17H19BrO2/c1-11-7-12(2)13(3)17(8-11)20-10-14-5-6-16(19-4)15(18)9-14/h5-9H,10H2,1-4H3. The molecule has 2 nitrogen and oxygen atoms in total. The third-order valence-electron chi connectivity index (χ3n) is 3.37. The number of benzene rings is 2. The molecule has 0 bridgehead atoms. The number of hydrogen-bond acceptors (Lipinski definition) is 2. The Morgan fingerprint density at radius 3 is 2.40 bits per heavy atom. The molecule has 0 aliphatic carbocycles. The van der Waals surface area contributed by atoms with Crippen LogP contribution in [0.15, 0.2) is 34.8 Å². The Kier molecular flexibility index (Phi) is 4.71. The van der Waals surface area contributed by atoms with Gasteiger partial charge in [-0.25, -0.2) is 0 Å². The van der Waals surface area contributed by atoms with Gasteiger partial charge >= 0.3 is 0 Å². The van der Waals surface area contributed by atoms with Gasteiger partial charge < -0.3 is 9.47 Å². The van der Waals surface area contributed by atoms with Crippen molar-refractivity contribution in [1.29, 1.82) is 0 Å². The Labute approximate surface area is 128 Å². The number of methoxy groups -OCH3 is 1. The van der Waals surface area contributed by atoms with Crippen LogP contribution in [-0.2, 0) is 6.61 Å². The molecule has 0 N–H and O–H groups in total. The molecule has 0 heterocycles. The highest BCUT2D eigenvalue weighted by Gasteiger charge is 2.06. The van der Waals surface area contributed by atoms with Crippen LogP contribution in [0, 0.1) is 20.8 Å². The molecule has 0 amide bonds. The normalized spacial score (nSPS) is 10.4. The van der Waals surface area contributed by atoms with Crippen LogP contribution in [0.5, 0.6) is 11.5 Å². The lowest BCUT2D eigenvalue weighted by Crippen LogP contribution is -1.99. The second-order valence-corrected chi connectivity index (χ2v) is 5.82. The first-order valence-corrected chi connectivity index (χ1v) is 7.33. The van der Waals surface area contributed by atoms with Crippen molar-refractivity contribution in [1.82, 2.24) is 0 Å². The van der Waals surface area contributed by atoms with Gasteiger partial charge in [0.2, 0.25) is 0 Å². The summed E-state index contributed by atoms with van der Waals surface area (Å²) in [6.45, 7) is 6.84. The molecular formula is C17H19BrO2. The summed E-state index contributed by atoms with van der Waals surface area (Å²) in [5.41, 5.74) is 4.79. The minimum atomic E-state index is 0.548. The van der Waals surface area contributed by atoms with Crippen molar-refractivity contribution in [2.75, 3.05) is 7.11 Å². The number of rotatable bonds is 4. The molecule has 106 valence electrons. The summed E-state index contributed by atoms with van der Waals surface area (Å²) < 4.78 is 12.1. The second kappa shape index (κ2) is 6.31. The Hall–Kier alpha value is -1.48. The van der Waals surface area contributed by atoms with Gasteiger partial charge in [0.05, 0.1) is 11.6 Å². The van der Waals surface area contributed by atoms with Crippen molar-refractivity contribution in [2.24, 2.45) is 0 Å². The fraction of sp³-hybridized carbons (Fsp3) is 0.294. The molecule has 0 saturated carbocycles. The van der Waals surface area contributed by atoms with Crippen LogP contribution in [0.25, 0.3) is 0 Å². The predicted octanol–water partition coefficient (Wildman–Crippen LogP) is 4.96. The smallest absolute Gasteiger partial charge is 0.133 e. The molecule has 0 atom stereocenters. The van der Waals surface area contributed by atoms with Crippen LogP contribution in [0.1, 0.15) is 22.3 Å². The highest BCUT2D eigenvalue weighted by Crippen LogP contribution is 2.27. The molecule has 0 aliphatic rings. The molecular weight excluding hydrogens is 316 g/mol. The third-order valence-corrected chi connectivity index (χ3v) is 3.99. The summed E-state index contributed by atoms with van der Waals surface area (Å²) in [6.07, 6.45) is 0. The molecule has 0 radical (unpaired) electrons. The van der Waals surface area contributed by atoms with Gasteiger partial charge in [-0.2, -0.15) is 0 Å². The summed E-state index contributed by atoms with van der Waals surface area (Å²) in [5, 5.41) is 0. The quantitative estimate of drug-likeness (QED) is 0.786. The maximum atomic E-state index is 5.95. The van der Waals surface area contributed by atoms with Gasteiger partial charge in [-0.15, -0.1) is 0 Å². The lowest BCUT2D eigenvalue weighted by Gasteiger charge is -2.13. The van der Waals surface area contributed by atoms with Crippen molar-refractivity contribution >= 4 is 15.9 Å². The zero-order chi connectivity index (χ0) is 14.7. The van der Waals surface area contributed by atoms with Gasteiger partial charge in [-0.3, -0.25) is 0 Å². The van der Waals surface area contributed by atoms with E-state index in [-0.39, 0.29) is 0 Å². The molecule has 3 heteroatoms. The van der Waals surface area contributed by atoms with Crippen molar-refractivity contribution in [3.8, 4) is 11.5 Å². The maximum Gasteiger partial charge on any atom is 0.133 e. The van der Waals surface area contributed by atoms with E-state index in [0.29, 0.717) is 6.61 Å². The summed E-state index contributed by atoms with van der Waals surface area (Å²) in [6, 6.07) is 10.2. The monoisotopic (exact) mass is 334 g/mol. The van der Waals surface area contributed by atoms with E-state index in [1.165, 1.54) is 16.7 Å². The van der Waals surface area contributed by atoms with Crippen LogP contribution >= 0.6 is 15.9 Å². The lowest BCUT2D eigenvalue weighted by molar-refractivity contribution is 0.303. The first kappa shape index (κ1) is 14.9. The summed E-state index contributed by atoms with van der Waals surface area (Å²) in [4.78, 5) is 0. The lowest BCUT2D eigenvalue weighted by atomic mass is 10.1. The van der Waals surface area contributed by atoms with E-state index in [0.717, 1.165) is 21.5 Å². The van der Waals surface area contributed by atoms with Crippen molar-refractivity contribution in [3.63, 3.8) is 0 Å². The van der Waals surface area contributed by atoms with Gasteiger partial charge in [0, 0.05) is 0 Å². The Balaban J connectivity index is 2.15. The van der Waals surface area contributed by atoms with E-state index in [9.17, 15) is 0 Å². The largest absolute Gasteiger partial charge is 0.496 e. The molecule has 2 rings (SSSR count). The molecule has 0 aliphatic heterocycles. The zero-order valence-electron chi connectivity index (χ0n) is 12.3. The maximum absolute atomic E-state index is 5.95. The van der Waals surface area contributed by atoms with E-state index in [2.05, 4.69) is 48.8 Å². The van der Waals surface area contributed by atoms with Crippen LogP contribution in [-0.4, -0.2) is 7.11 Å². The molecule has 20 heavy (non-hydrogen) atoms. The molecule has 0 fully saturated rings. The van der Waals surface area contributed by atoms with Gasteiger partial charge in [0.25, 0.3) is 0 Å². The number of aryl methyl sites for hydroxylation is 2. The third kappa shape index (κ3) is 3.34. The average Bonchev–Trinajstić information content (AvgIpc) is 2.41. The van der Waals surface area contributed by atoms with Crippen LogP contribution < -0.4 is 9.47 Å². The average molecular weight is 335 g/mol. The van der Waals surface area contributed by atoms with E-state index in [4.69, 9.17) is 9.47 Å². The fourth-order valence-electron chi connectivity index (χ4n) is 2.11. The highest BCUT2D eigenvalue weighted by molar-refractivity contribution is 9.10. The minimum absolute atomic E-state index is 0.548. The zero-order valence-corrected chi connectivity index (χ0v) is 13.9. The minimum Gasteiger partial charge on any atom is -0.496 e. The SMILES string of the molecule is COc1ccc(COc2cc(C)cc(C)c2C)cc1Br. The molecule has 0 unspecified atom stereocenters. The van der Waals surface area contributed by atoms with Gasteiger partial charge in [-0.1, -0.05) is 12.1 Å². The summed E-state index contributed by atoms with van der Waals surface area (Å²) >= 11 is 3.49. The Bertz CT molecular complexity index is 621. The molecule has 0 spiro atoms. The molecule has 2 aromatic carbocycles. The van der Waals surface area contributed by atoms with Crippen molar-refractivity contribution in [2.45, 2.75) is 27.4 Å². The van der Waals surface area contributed by atoms with Gasteiger partial charge in [-0.05, 0) is 77.2 Å². The van der Waals surface area contributed by atoms with Gasteiger partial charge in [0.1, 0.15) is 18.1 Å².